The van der Waals surface area contributed by atoms with Crippen LogP contribution in [0.3, 0.4) is 0 Å². The summed E-state index contributed by atoms with van der Waals surface area (Å²) in [5.41, 5.74) is 0. The molecule has 2 rings (SSSR count). The van der Waals surface area contributed by atoms with E-state index >= 15 is 0 Å². The molecule has 0 bridgehead atoms. The molecule has 0 amide bonds. The molecule has 0 heterocycles. The van der Waals surface area contributed by atoms with Gasteiger partial charge in [-0.25, -0.2) is 0 Å². The van der Waals surface area contributed by atoms with Gasteiger partial charge in [0.1, 0.15) is 0 Å². The minimum atomic E-state index is 1.04. The zero-order chi connectivity index (χ0) is 15.6. The summed E-state index contributed by atoms with van der Waals surface area (Å²) in [7, 11) is 0. The first-order valence-corrected chi connectivity index (χ1v) is 10.8. The van der Waals surface area contributed by atoms with Crippen LogP contribution in [0.2, 0.25) is 0 Å². The first-order chi connectivity index (χ1) is 10.8. The van der Waals surface area contributed by atoms with Gasteiger partial charge in [0, 0.05) is 0 Å². The Balaban J connectivity index is 1.81. The fourth-order valence-electron chi connectivity index (χ4n) is 5.54. The van der Waals surface area contributed by atoms with Crippen LogP contribution in [0.4, 0.5) is 0 Å². The summed E-state index contributed by atoms with van der Waals surface area (Å²) in [6, 6.07) is 0. The van der Waals surface area contributed by atoms with E-state index in [1.54, 1.807) is 25.7 Å². The van der Waals surface area contributed by atoms with Crippen molar-refractivity contribution in [1.82, 2.24) is 0 Å². The zero-order valence-corrected chi connectivity index (χ0v) is 15.6. The monoisotopic (exact) mass is 306 g/mol. The third kappa shape index (κ3) is 5.89. The molecule has 0 aromatic carbocycles. The lowest BCUT2D eigenvalue weighted by molar-refractivity contribution is 0.213. The molecule has 0 aromatic rings. The van der Waals surface area contributed by atoms with Crippen molar-refractivity contribution in [1.29, 1.82) is 0 Å². The zero-order valence-electron chi connectivity index (χ0n) is 15.6. The van der Waals surface area contributed by atoms with Crippen LogP contribution in [0.25, 0.3) is 0 Å². The Morgan fingerprint density at radius 1 is 0.545 bits per heavy atom. The number of hydrogen-bond acceptors (Lipinski definition) is 0. The lowest BCUT2D eigenvalue weighted by atomic mass is 9.76. The first kappa shape index (κ1) is 18.3. The maximum Gasteiger partial charge on any atom is -0.0386 e. The highest BCUT2D eigenvalue weighted by Gasteiger charge is 2.25. The minimum absolute atomic E-state index is 1.04. The molecule has 2 aliphatic rings. The lowest BCUT2D eigenvalue weighted by Crippen LogP contribution is -2.19. The fraction of sp³-hybridized carbons (Fsp3) is 1.00. The van der Waals surface area contributed by atoms with Gasteiger partial charge in [-0.2, -0.15) is 0 Å². The molecule has 0 aliphatic heterocycles. The molecule has 0 N–H and O–H groups in total. The van der Waals surface area contributed by atoms with Crippen LogP contribution in [-0.2, 0) is 0 Å². The van der Waals surface area contributed by atoms with E-state index in [0.717, 1.165) is 23.7 Å². The Morgan fingerprint density at radius 3 is 1.14 bits per heavy atom. The van der Waals surface area contributed by atoms with Gasteiger partial charge in [0.25, 0.3) is 0 Å². The van der Waals surface area contributed by atoms with Gasteiger partial charge in [0.15, 0.2) is 0 Å². The molecule has 0 radical (unpaired) electrons. The molecule has 130 valence electrons. The van der Waals surface area contributed by atoms with E-state index in [-0.39, 0.29) is 0 Å². The largest absolute Gasteiger partial charge is 0.0651 e. The van der Waals surface area contributed by atoms with Crippen molar-refractivity contribution in [2.24, 2.45) is 23.7 Å². The molecule has 0 heteroatoms. The Bertz CT molecular complexity index is 225. The third-order valence-electron chi connectivity index (χ3n) is 7.09. The third-order valence-corrected chi connectivity index (χ3v) is 7.09. The highest BCUT2D eigenvalue weighted by Crippen LogP contribution is 2.38. The van der Waals surface area contributed by atoms with Crippen molar-refractivity contribution >= 4 is 0 Å². The smallest absolute Gasteiger partial charge is 0.0386 e. The fourth-order valence-corrected chi connectivity index (χ4v) is 5.54. The van der Waals surface area contributed by atoms with Gasteiger partial charge in [0.2, 0.25) is 0 Å². The highest BCUT2D eigenvalue weighted by molar-refractivity contribution is 4.77. The summed E-state index contributed by atoms with van der Waals surface area (Å²) < 4.78 is 0. The van der Waals surface area contributed by atoms with Gasteiger partial charge in [0.05, 0.1) is 0 Å². The summed E-state index contributed by atoms with van der Waals surface area (Å²) in [6.45, 7) is 4.92. The summed E-state index contributed by atoms with van der Waals surface area (Å²) in [5, 5.41) is 0. The van der Waals surface area contributed by atoms with Gasteiger partial charge < -0.3 is 0 Å². The average Bonchev–Trinajstić information content (AvgIpc) is 2.97. The highest BCUT2D eigenvalue weighted by atomic mass is 14.3. The van der Waals surface area contributed by atoms with E-state index in [9.17, 15) is 0 Å². The van der Waals surface area contributed by atoms with E-state index in [1.807, 2.05) is 0 Å². The number of hydrogen-bond donors (Lipinski definition) is 0. The second kappa shape index (κ2) is 10.7. The molecule has 0 aromatic heterocycles. The van der Waals surface area contributed by atoms with Gasteiger partial charge in [-0.1, -0.05) is 104 Å². The SMILES string of the molecule is CCC(CCC(CC)C1CCCCCC1)C1CCCCCC1. The molecular formula is C22H42. The molecule has 2 unspecified atom stereocenters. The topological polar surface area (TPSA) is 0 Å². The molecule has 2 aliphatic carbocycles. The predicted molar refractivity (Wildman–Crippen MR) is 99.2 cm³/mol. The first-order valence-electron chi connectivity index (χ1n) is 10.8. The number of rotatable bonds is 7. The van der Waals surface area contributed by atoms with Crippen LogP contribution >= 0.6 is 0 Å². The summed E-state index contributed by atoms with van der Waals surface area (Å²) in [4.78, 5) is 0. The molecule has 2 fully saturated rings. The van der Waals surface area contributed by atoms with Crippen molar-refractivity contribution in [3.63, 3.8) is 0 Å². The normalized spacial score (nSPS) is 25.4. The van der Waals surface area contributed by atoms with Crippen LogP contribution in [0.5, 0.6) is 0 Å². The summed E-state index contributed by atoms with van der Waals surface area (Å²) in [6.07, 6.45) is 24.2. The maximum absolute atomic E-state index is 2.46. The minimum Gasteiger partial charge on any atom is -0.0651 e. The van der Waals surface area contributed by atoms with Crippen LogP contribution in [0, 0.1) is 23.7 Å². The molecule has 0 spiro atoms. The maximum atomic E-state index is 2.46. The lowest BCUT2D eigenvalue weighted by Gasteiger charge is -2.30. The van der Waals surface area contributed by atoms with Crippen LogP contribution in [0.15, 0.2) is 0 Å². The van der Waals surface area contributed by atoms with E-state index in [2.05, 4.69) is 13.8 Å². The Labute approximate surface area is 140 Å². The van der Waals surface area contributed by atoms with Gasteiger partial charge in [-0.3, -0.25) is 0 Å². The van der Waals surface area contributed by atoms with Crippen molar-refractivity contribution in [2.75, 3.05) is 0 Å². The average molecular weight is 307 g/mol. The van der Waals surface area contributed by atoms with Gasteiger partial charge >= 0.3 is 0 Å². The molecule has 2 saturated carbocycles. The molecule has 22 heavy (non-hydrogen) atoms. The second-order valence-corrected chi connectivity index (χ2v) is 8.42. The van der Waals surface area contributed by atoms with Crippen LogP contribution < -0.4 is 0 Å². The standard InChI is InChI=1S/C22H42/c1-3-19(21-13-9-5-6-10-14-21)17-18-20(4-2)22-15-11-7-8-12-16-22/h19-22H,3-18H2,1-2H3. The molecule has 2 atom stereocenters. The van der Waals surface area contributed by atoms with E-state index in [4.69, 9.17) is 0 Å². The Kier molecular flexibility index (Phi) is 8.93. The van der Waals surface area contributed by atoms with Crippen molar-refractivity contribution < 1.29 is 0 Å². The van der Waals surface area contributed by atoms with Crippen LogP contribution in [-0.4, -0.2) is 0 Å². The Hall–Kier alpha value is 0. The quantitative estimate of drug-likeness (QED) is 0.421. The molecule has 0 nitrogen and oxygen atoms in total. The van der Waals surface area contributed by atoms with Crippen molar-refractivity contribution in [3.05, 3.63) is 0 Å². The summed E-state index contributed by atoms with van der Waals surface area (Å²) in [5.74, 6) is 4.22. The van der Waals surface area contributed by atoms with Crippen molar-refractivity contribution in [3.8, 4) is 0 Å². The van der Waals surface area contributed by atoms with Gasteiger partial charge in [-0.15, -0.1) is 0 Å². The Morgan fingerprint density at radius 2 is 0.864 bits per heavy atom. The molecular weight excluding hydrogens is 264 g/mol. The second-order valence-electron chi connectivity index (χ2n) is 8.42. The van der Waals surface area contributed by atoms with E-state index < -0.39 is 0 Å². The van der Waals surface area contributed by atoms with E-state index in [1.165, 1.54) is 77.0 Å². The predicted octanol–water partition coefficient (Wildman–Crippen LogP) is 7.76. The van der Waals surface area contributed by atoms with Crippen LogP contribution in [0.1, 0.15) is 117 Å². The van der Waals surface area contributed by atoms with Gasteiger partial charge in [-0.05, 0) is 36.5 Å². The van der Waals surface area contributed by atoms with E-state index in [0.29, 0.717) is 0 Å². The molecule has 0 saturated heterocycles. The van der Waals surface area contributed by atoms with Crippen molar-refractivity contribution in [2.45, 2.75) is 117 Å². The summed E-state index contributed by atoms with van der Waals surface area (Å²) >= 11 is 0.